The number of esters is 1. The van der Waals surface area contributed by atoms with Gasteiger partial charge in [-0.15, -0.1) is 0 Å². The van der Waals surface area contributed by atoms with E-state index in [1.807, 2.05) is 43.3 Å². The van der Waals surface area contributed by atoms with Crippen LogP contribution in [0.25, 0.3) is 11.3 Å². The average Bonchev–Trinajstić information content (AvgIpc) is 2.78. The number of benzene rings is 2. The molecule has 0 saturated heterocycles. The maximum Gasteiger partial charge on any atom is 0.338 e. The molecule has 3 rings (SSSR count). The molecule has 0 aliphatic rings. The number of rotatable bonds is 10. The molecule has 10 heteroatoms. The average molecular weight is 489 g/mol. The lowest BCUT2D eigenvalue weighted by Gasteiger charge is -2.11. The monoisotopic (exact) mass is 488 g/mol. The summed E-state index contributed by atoms with van der Waals surface area (Å²) in [4.78, 5) is 20.6. The highest BCUT2D eigenvalue weighted by Gasteiger charge is 2.10. The third kappa shape index (κ3) is 7.24. The zero-order chi connectivity index (χ0) is 23.8. The molecule has 4 N–H and O–H groups in total. The number of anilines is 2. The Bertz CT molecular complexity index is 1140. The van der Waals surface area contributed by atoms with Crippen LogP contribution in [0.4, 0.5) is 11.8 Å². The van der Waals surface area contributed by atoms with Crippen LogP contribution >= 0.6 is 11.6 Å². The Kier molecular flexibility index (Phi) is 8.76. The van der Waals surface area contributed by atoms with Crippen LogP contribution < -0.4 is 11.1 Å². The Balaban J connectivity index is 1.55. The Hall–Kier alpha value is -3.01. The summed E-state index contributed by atoms with van der Waals surface area (Å²) in [7, 11) is 0. The molecule has 0 bridgehead atoms. The summed E-state index contributed by atoms with van der Waals surface area (Å²) in [5.74, 6) is 0.407. The first-order valence-electron chi connectivity index (χ1n) is 10.3. The van der Waals surface area contributed by atoms with Gasteiger partial charge in [0.2, 0.25) is 5.95 Å². The lowest BCUT2D eigenvalue weighted by Crippen LogP contribution is -2.10. The summed E-state index contributed by atoms with van der Waals surface area (Å²) in [5.41, 5.74) is 9.88. The molecule has 1 heterocycles. The number of carbonyl (C=O) groups excluding carboxylic acids is 1. The van der Waals surface area contributed by atoms with Gasteiger partial charge in [0.25, 0.3) is 0 Å². The summed E-state index contributed by atoms with van der Waals surface area (Å²) in [6.45, 7) is 2.64. The highest BCUT2D eigenvalue weighted by Crippen LogP contribution is 2.28. The van der Waals surface area contributed by atoms with Crippen LogP contribution in [0.15, 0.2) is 48.5 Å². The van der Waals surface area contributed by atoms with Crippen molar-refractivity contribution in [2.24, 2.45) is 0 Å². The third-order valence-corrected chi connectivity index (χ3v) is 5.94. The topological polar surface area (TPSA) is 127 Å². The van der Waals surface area contributed by atoms with Crippen LogP contribution in [0.3, 0.4) is 0 Å². The molecule has 0 spiro atoms. The SMILES string of the molecule is Cc1c(Cl)cccc1-c1cc(NCCc2ccc(C(=O)OCCCS(=O)O)cc2)nc(N)n1. The molecule has 3 aromatic rings. The molecule has 1 aromatic heterocycles. The third-order valence-electron chi connectivity index (χ3n) is 4.89. The van der Waals surface area contributed by atoms with E-state index in [1.54, 1.807) is 12.1 Å². The van der Waals surface area contributed by atoms with Gasteiger partial charge >= 0.3 is 5.97 Å². The fourth-order valence-electron chi connectivity index (χ4n) is 3.15. The van der Waals surface area contributed by atoms with Gasteiger partial charge in [0.15, 0.2) is 11.1 Å². The van der Waals surface area contributed by atoms with E-state index < -0.39 is 17.0 Å². The number of halogens is 1. The number of nitrogen functional groups attached to an aromatic ring is 1. The van der Waals surface area contributed by atoms with E-state index in [1.165, 1.54) is 0 Å². The van der Waals surface area contributed by atoms with Crippen LogP contribution in [0.5, 0.6) is 0 Å². The molecule has 0 aliphatic heterocycles. The largest absolute Gasteiger partial charge is 0.462 e. The number of hydrogen-bond acceptors (Lipinski definition) is 7. The van der Waals surface area contributed by atoms with Gasteiger partial charge in [-0.1, -0.05) is 35.9 Å². The van der Waals surface area contributed by atoms with Crippen LogP contribution in [0, 0.1) is 6.92 Å². The van der Waals surface area contributed by atoms with E-state index >= 15 is 0 Å². The van der Waals surface area contributed by atoms with Crippen LogP contribution in [0.1, 0.15) is 27.9 Å². The second-order valence-corrected chi connectivity index (χ2v) is 8.76. The van der Waals surface area contributed by atoms with Crippen molar-refractivity contribution in [1.29, 1.82) is 0 Å². The normalized spacial score (nSPS) is 11.7. The quantitative estimate of drug-likeness (QED) is 0.221. The smallest absolute Gasteiger partial charge is 0.338 e. The van der Waals surface area contributed by atoms with E-state index in [2.05, 4.69) is 15.3 Å². The number of hydrogen-bond donors (Lipinski definition) is 3. The van der Waals surface area contributed by atoms with Gasteiger partial charge in [-0.3, -0.25) is 0 Å². The predicted molar refractivity (Wildman–Crippen MR) is 131 cm³/mol. The summed E-state index contributed by atoms with van der Waals surface area (Å²) >= 11 is 4.35. The van der Waals surface area contributed by atoms with E-state index in [-0.39, 0.29) is 18.3 Å². The van der Waals surface area contributed by atoms with Gasteiger partial charge in [0, 0.05) is 23.2 Å². The first-order valence-corrected chi connectivity index (χ1v) is 12.0. The van der Waals surface area contributed by atoms with Gasteiger partial charge < -0.3 is 20.3 Å². The fourth-order valence-corrected chi connectivity index (χ4v) is 3.69. The molecule has 1 atom stereocenters. The van der Waals surface area contributed by atoms with Crippen molar-refractivity contribution >= 4 is 40.4 Å². The van der Waals surface area contributed by atoms with Crippen molar-refractivity contribution in [3.05, 3.63) is 70.2 Å². The van der Waals surface area contributed by atoms with Crippen molar-refractivity contribution in [3.63, 3.8) is 0 Å². The number of nitrogens with one attached hydrogen (secondary N) is 1. The van der Waals surface area contributed by atoms with Crippen molar-refractivity contribution < 1.29 is 18.3 Å². The molecule has 2 aromatic carbocycles. The summed E-state index contributed by atoms with van der Waals surface area (Å²) in [6, 6.07) is 14.6. The molecule has 33 heavy (non-hydrogen) atoms. The van der Waals surface area contributed by atoms with E-state index in [9.17, 15) is 9.00 Å². The Morgan fingerprint density at radius 1 is 1.21 bits per heavy atom. The molecule has 0 saturated carbocycles. The van der Waals surface area contributed by atoms with Crippen LogP contribution in [-0.4, -0.2) is 43.6 Å². The molecule has 0 amide bonds. The second-order valence-electron chi connectivity index (χ2n) is 7.30. The summed E-state index contributed by atoms with van der Waals surface area (Å²) in [6.07, 6.45) is 1.04. The van der Waals surface area contributed by atoms with Gasteiger partial charge in [-0.2, -0.15) is 4.98 Å². The molecule has 8 nitrogen and oxygen atoms in total. The van der Waals surface area contributed by atoms with Crippen molar-refractivity contribution in [2.45, 2.75) is 19.8 Å². The minimum Gasteiger partial charge on any atom is -0.462 e. The zero-order valence-electron chi connectivity index (χ0n) is 18.1. The van der Waals surface area contributed by atoms with Crippen LogP contribution in [-0.2, 0) is 22.2 Å². The molecular weight excluding hydrogens is 464 g/mol. The molecule has 174 valence electrons. The summed E-state index contributed by atoms with van der Waals surface area (Å²) in [5, 5.41) is 3.92. The number of carbonyl (C=O) groups is 1. The first kappa shape index (κ1) is 24.6. The maximum atomic E-state index is 12.0. The lowest BCUT2D eigenvalue weighted by atomic mass is 10.1. The van der Waals surface area contributed by atoms with Crippen molar-refractivity contribution in [2.75, 3.05) is 30.0 Å². The molecule has 0 fully saturated rings. The standard InChI is InChI=1S/C23H25ClN4O4S/c1-15-18(4-2-5-19(15)24)20-14-21(28-23(25)27-20)26-11-10-16-6-8-17(9-7-16)22(29)32-12-3-13-33(30)31/h2,4-9,14H,3,10-13H2,1H3,(H,30,31)(H3,25,26,27,28). The first-order chi connectivity index (χ1) is 15.8. The molecule has 0 radical (unpaired) electrons. The van der Waals surface area contributed by atoms with E-state index in [0.717, 1.165) is 16.7 Å². The second kappa shape index (κ2) is 11.7. The molecule has 1 unspecified atom stereocenters. The number of aromatic nitrogens is 2. The molecular formula is C23H25ClN4O4S. The minimum absolute atomic E-state index is 0.0808. The highest BCUT2D eigenvalue weighted by molar-refractivity contribution is 7.79. The number of nitrogens with two attached hydrogens (primary N) is 1. The van der Waals surface area contributed by atoms with Gasteiger partial charge in [-0.05, 0) is 49.1 Å². The van der Waals surface area contributed by atoms with Crippen molar-refractivity contribution in [1.82, 2.24) is 9.97 Å². The highest BCUT2D eigenvalue weighted by atomic mass is 35.5. The predicted octanol–water partition coefficient (Wildman–Crippen LogP) is 4.11. The van der Waals surface area contributed by atoms with Gasteiger partial charge in [0.05, 0.1) is 23.6 Å². The van der Waals surface area contributed by atoms with E-state index in [0.29, 0.717) is 41.5 Å². The summed E-state index contributed by atoms with van der Waals surface area (Å²) < 4.78 is 24.4. The number of nitrogens with zero attached hydrogens (tertiary/aromatic N) is 2. The lowest BCUT2D eigenvalue weighted by molar-refractivity contribution is 0.0505. The zero-order valence-corrected chi connectivity index (χ0v) is 19.7. The molecule has 0 aliphatic carbocycles. The number of ether oxygens (including phenoxy) is 1. The van der Waals surface area contributed by atoms with Crippen molar-refractivity contribution in [3.8, 4) is 11.3 Å². The Morgan fingerprint density at radius 2 is 1.97 bits per heavy atom. The van der Waals surface area contributed by atoms with Crippen LogP contribution in [0.2, 0.25) is 5.02 Å². The Labute approximate surface area is 199 Å². The van der Waals surface area contributed by atoms with Gasteiger partial charge in [0.1, 0.15) is 5.82 Å². The minimum atomic E-state index is -1.88. The fraction of sp³-hybridized carbons (Fsp3) is 0.261. The maximum absolute atomic E-state index is 12.0. The van der Waals surface area contributed by atoms with Gasteiger partial charge in [-0.25, -0.2) is 14.0 Å². The Morgan fingerprint density at radius 3 is 2.70 bits per heavy atom. The van der Waals surface area contributed by atoms with E-state index in [4.69, 9.17) is 26.6 Å².